The van der Waals surface area contributed by atoms with Gasteiger partial charge < -0.3 is 10.3 Å². The molecule has 0 atom stereocenters. The van der Waals surface area contributed by atoms with Gasteiger partial charge in [-0.1, -0.05) is 18.2 Å². The van der Waals surface area contributed by atoms with E-state index in [0.717, 1.165) is 22.8 Å². The van der Waals surface area contributed by atoms with E-state index in [1.54, 1.807) is 17.0 Å². The molecule has 2 aromatic heterocycles. The van der Waals surface area contributed by atoms with Gasteiger partial charge in [-0.2, -0.15) is 0 Å². The Balaban J connectivity index is 2.09. The lowest BCUT2D eigenvalue weighted by atomic mass is 10.2. The number of hydrogen-bond donors (Lipinski definition) is 2. The summed E-state index contributed by atoms with van der Waals surface area (Å²) < 4.78 is 1.66. The molecule has 0 radical (unpaired) electrons. The zero-order chi connectivity index (χ0) is 15.5. The van der Waals surface area contributed by atoms with Crippen molar-refractivity contribution in [3.63, 3.8) is 0 Å². The minimum Gasteiger partial charge on any atom is -0.368 e. The third-order valence-corrected chi connectivity index (χ3v) is 3.28. The Morgan fingerprint density at radius 1 is 1.18 bits per heavy atom. The summed E-state index contributed by atoms with van der Waals surface area (Å²) in [7, 11) is 0. The molecule has 0 amide bonds. The van der Waals surface area contributed by atoms with Gasteiger partial charge >= 0.3 is 5.69 Å². The average Bonchev–Trinajstić information content (AvgIpc) is 2.89. The van der Waals surface area contributed by atoms with Gasteiger partial charge in [0, 0.05) is 24.0 Å². The fourth-order valence-corrected chi connectivity index (χ4v) is 2.38. The van der Waals surface area contributed by atoms with Gasteiger partial charge in [0.1, 0.15) is 5.82 Å². The number of benzene rings is 1. The second-order valence-electron chi connectivity index (χ2n) is 5.38. The lowest BCUT2D eigenvalue weighted by Gasteiger charge is -2.11. The predicted molar refractivity (Wildman–Crippen MR) is 88.4 cm³/mol. The minimum absolute atomic E-state index is 0.156. The topological polar surface area (TPSA) is 62.7 Å². The van der Waals surface area contributed by atoms with Gasteiger partial charge in [-0.05, 0) is 38.1 Å². The number of para-hydroxylation sites is 1. The summed E-state index contributed by atoms with van der Waals surface area (Å²) >= 11 is 0. The van der Waals surface area contributed by atoms with Crippen LogP contribution in [0.2, 0.25) is 0 Å². The summed E-state index contributed by atoms with van der Waals surface area (Å²) in [5.74, 6) is 0.792. The van der Waals surface area contributed by atoms with Gasteiger partial charge in [0.25, 0.3) is 0 Å². The monoisotopic (exact) mass is 294 g/mol. The Morgan fingerprint density at radius 2 is 1.95 bits per heavy atom. The Bertz CT molecular complexity index is 818. The summed E-state index contributed by atoms with van der Waals surface area (Å²) in [4.78, 5) is 19.2. The van der Waals surface area contributed by atoms with E-state index < -0.39 is 0 Å². The Kier molecular flexibility index (Phi) is 3.78. The van der Waals surface area contributed by atoms with Crippen LogP contribution in [0.5, 0.6) is 0 Å². The Labute approximate surface area is 128 Å². The molecule has 0 saturated carbocycles. The number of rotatable bonds is 4. The molecule has 0 unspecified atom stereocenters. The van der Waals surface area contributed by atoms with E-state index in [0.29, 0.717) is 6.04 Å². The van der Waals surface area contributed by atoms with E-state index in [4.69, 9.17) is 0 Å². The van der Waals surface area contributed by atoms with Gasteiger partial charge in [-0.15, -0.1) is 0 Å². The van der Waals surface area contributed by atoms with Crippen LogP contribution < -0.4 is 11.0 Å². The number of H-pyrrole nitrogens is 1. The van der Waals surface area contributed by atoms with E-state index in [1.165, 1.54) is 0 Å². The number of pyridine rings is 1. The number of aromatic amines is 1. The van der Waals surface area contributed by atoms with Gasteiger partial charge in [0.15, 0.2) is 0 Å². The first-order valence-electron chi connectivity index (χ1n) is 7.24. The Hall–Kier alpha value is -2.82. The fraction of sp³-hybridized carbons (Fsp3) is 0.176. The number of anilines is 1. The van der Waals surface area contributed by atoms with E-state index in [1.807, 2.05) is 42.5 Å². The summed E-state index contributed by atoms with van der Waals surface area (Å²) in [5.41, 5.74) is 2.42. The molecule has 3 rings (SSSR count). The van der Waals surface area contributed by atoms with Gasteiger partial charge in [0.2, 0.25) is 0 Å². The number of imidazole rings is 1. The second kappa shape index (κ2) is 5.89. The molecule has 0 saturated heterocycles. The highest BCUT2D eigenvalue weighted by Crippen LogP contribution is 2.22. The Morgan fingerprint density at radius 3 is 2.68 bits per heavy atom. The maximum absolute atomic E-state index is 12.2. The van der Waals surface area contributed by atoms with Crippen LogP contribution in [-0.4, -0.2) is 20.6 Å². The first-order chi connectivity index (χ1) is 10.6. The zero-order valence-corrected chi connectivity index (χ0v) is 12.6. The standard InChI is InChI=1S/C17H18N4O/c1-12(2)20-16-10-13(8-9-18-16)15-11-19-17(22)21(15)14-6-4-3-5-7-14/h3-12H,1-2H3,(H,18,20)(H,19,22). The molecule has 3 aromatic rings. The summed E-state index contributed by atoms with van der Waals surface area (Å²) in [6, 6.07) is 13.7. The van der Waals surface area contributed by atoms with Crippen LogP contribution in [0.4, 0.5) is 5.82 Å². The average molecular weight is 294 g/mol. The number of aromatic nitrogens is 3. The molecule has 2 heterocycles. The van der Waals surface area contributed by atoms with Crippen molar-refractivity contribution in [2.45, 2.75) is 19.9 Å². The maximum Gasteiger partial charge on any atom is 0.330 e. The van der Waals surface area contributed by atoms with E-state index in [2.05, 4.69) is 29.1 Å². The third kappa shape index (κ3) is 2.79. The lowest BCUT2D eigenvalue weighted by molar-refractivity contribution is 0.889. The van der Waals surface area contributed by atoms with Crippen molar-refractivity contribution in [2.24, 2.45) is 0 Å². The molecule has 0 spiro atoms. The number of nitrogens with zero attached hydrogens (tertiary/aromatic N) is 2. The molecule has 0 aliphatic heterocycles. The molecule has 5 nitrogen and oxygen atoms in total. The molecular weight excluding hydrogens is 276 g/mol. The largest absolute Gasteiger partial charge is 0.368 e. The first kappa shape index (κ1) is 14.1. The quantitative estimate of drug-likeness (QED) is 0.777. The molecule has 112 valence electrons. The molecule has 1 aromatic carbocycles. The van der Waals surface area contributed by atoms with E-state index in [9.17, 15) is 4.79 Å². The van der Waals surface area contributed by atoms with Gasteiger partial charge in [0.05, 0.1) is 11.4 Å². The summed E-state index contributed by atoms with van der Waals surface area (Å²) in [6.07, 6.45) is 3.47. The van der Waals surface area contributed by atoms with Crippen molar-refractivity contribution >= 4 is 5.82 Å². The van der Waals surface area contributed by atoms with Crippen molar-refractivity contribution in [3.05, 3.63) is 65.3 Å². The van der Waals surface area contributed by atoms with Crippen LogP contribution in [0.3, 0.4) is 0 Å². The van der Waals surface area contributed by atoms with Gasteiger partial charge in [-0.25, -0.2) is 9.78 Å². The molecular formula is C17H18N4O. The fourth-order valence-electron chi connectivity index (χ4n) is 2.38. The molecule has 22 heavy (non-hydrogen) atoms. The number of nitrogens with one attached hydrogen (secondary N) is 2. The molecule has 5 heteroatoms. The zero-order valence-electron chi connectivity index (χ0n) is 12.6. The molecule has 2 N–H and O–H groups in total. The van der Waals surface area contributed by atoms with Crippen molar-refractivity contribution in [3.8, 4) is 16.9 Å². The highest BCUT2D eigenvalue weighted by molar-refractivity contribution is 5.64. The third-order valence-electron chi connectivity index (χ3n) is 3.28. The lowest BCUT2D eigenvalue weighted by Crippen LogP contribution is -2.15. The SMILES string of the molecule is CC(C)Nc1cc(-c2c[nH]c(=O)n2-c2ccccc2)ccn1. The van der Waals surface area contributed by atoms with Crippen molar-refractivity contribution < 1.29 is 0 Å². The molecule has 0 aliphatic carbocycles. The van der Waals surface area contributed by atoms with Crippen LogP contribution in [-0.2, 0) is 0 Å². The highest BCUT2D eigenvalue weighted by Gasteiger charge is 2.11. The van der Waals surface area contributed by atoms with E-state index >= 15 is 0 Å². The summed E-state index contributed by atoms with van der Waals surface area (Å²) in [5, 5.41) is 3.27. The maximum atomic E-state index is 12.2. The molecule has 0 bridgehead atoms. The van der Waals surface area contributed by atoms with Crippen molar-refractivity contribution in [1.82, 2.24) is 14.5 Å². The van der Waals surface area contributed by atoms with Crippen molar-refractivity contribution in [2.75, 3.05) is 5.32 Å². The van der Waals surface area contributed by atoms with Crippen molar-refractivity contribution in [1.29, 1.82) is 0 Å². The first-order valence-corrected chi connectivity index (χ1v) is 7.24. The normalized spacial score (nSPS) is 10.9. The van der Waals surface area contributed by atoms with Crippen LogP contribution in [0.25, 0.3) is 16.9 Å². The number of hydrogen-bond acceptors (Lipinski definition) is 3. The highest BCUT2D eigenvalue weighted by atomic mass is 16.1. The van der Waals surface area contributed by atoms with Crippen LogP contribution in [0.15, 0.2) is 59.7 Å². The second-order valence-corrected chi connectivity index (χ2v) is 5.38. The molecule has 0 aliphatic rings. The van der Waals surface area contributed by atoms with Crippen LogP contribution in [0, 0.1) is 0 Å². The van der Waals surface area contributed by atoms with Gasteiger partial charge in [-0.3, -0.25) is 4.57 Å². The predicted octanol–water partition coefficient (Wildman–Crippen LogP) is 3.05. The minimum atomic E-state index is -0.156. The van der Waals surface area contributed by atoms with E-state index in [-0.39, 0.29) is 5.69 Å². The molecule has 0 fully saturated rings. The van der Waals surface area contributed by atoms with Crippen LogP contribution >= 0.6 is 0 Å². The van der Waals surface area contributed by atoms with Crippen LogP contribution in [0.1, 0.15) is 13.8 Å². The smallest absolute Gasteiger partial charge is 0.330 e. The summed E-state index contributed by atoms with van der Waals surface area (Å²) in [6.45, 7) is 4.12.